The van der Waals surface area contributed by atoms with Gasteiger partial charge in [-0.3, -0.25) is 28.8 Å². The number of carbonyl (C=O) groups excluding carboxylic acids is 6. The predicted octanol–water partition coefficient (Wildman–Crippen LogP) is 8.01. The maximum absolute atomic E-state index is 14.6. The first-order valence-electron chi connectivity index (χ1n) is 27.7. The molecule has 6 amide bonds. The van der Waals surface area contributed by atoms with Gasteiger partial charge in [0.15, 0.2) is 23.0 Å². The second-order valence-electron chi connectivity index (χ2n) is 21.0. The fourth-order valence-electron chi connectivity index (χ4n) is 11.3. The smallest absolute Gasteiger partial charge is 0.252 e. The van der Waals surface area contributed by atoms with Crippen molar-refractivity contribution < 1.29 is 66.0 Å². The number of ether oxygens (including phenoxy) is 6. The van der Waals surface area contributed by atoms with Gasteiger partial charge in [0, 0.05) is 64.2 Å². The minimum absolute atomic E-state index is 0.0463. The van der Waals surface area contributed by atoms with E-state index in [2.05, 4.69) is 21.3 Å². The van der Waals surface area contributed by atoms with Crippen molar-refractivity contribution in [2.75, 3.05) is 55.7 Å². The Morgan fingerprint density at radius 3 is 1.04 bits per heavy atom. The van der Waals surface area contributed by atoms with Crippen LogP contribution in [0.4, 0.5) is 8.78 Å². The first-order valence-corrected chi connectivity index (χ1v) is 27.7. The van der Waals surface area contributed by atoms with Gasteiger partial charge in [-0.15, -0.1) is 0 Å². The highest BCUT2D eigenvalue weighted by Crippen LogP contribution is 2.41. The second kappa shape index (κ2) is 26.8. The zero-order valence-corrected chi connectivity index (χ0v) is 47.8. The van der Waals surface area contributed by atoms with E-state index in [4.69, 9.17) is 28.4 Å². The first kappa shape index (κ1) is 59.4. The van der Waals surface area contributed by atoms with Crippen LogP contribution in [0.1, 0.15) is 112 Å². The third kappa shape index (κ3) is 13.5. The van der Waals surface area contributed by atoms with Crippen LogP contribution in [0.25, 0.3) is 0 Å². The summed E-state index contributed by atoms with van der Waals surface area (Å²) in [6.45, 7) is 1.26. The van der Waals surface area contributed by atoms with Gasteiger partial charge in [-0.2, -0.15) is 0 Å². The lowest BCUT2D eigenvalue weighted by molar-refractivity contribution is -0.142. The Hall–Kier alpha value is -9.20. The van der Waals surface area contributed by atoms with E-state index in [-0.39, 0.29) is 98.1 Å². The van der Waals surface area contributed by atoms with Crippen molar-refractivity contribution in [1.29, 1.82) is 0 Å². The van der Waals surface area contributed by atoms with E-state index in [1.54, 1.807) is 82.6 Å². The minimum atomic E-state index is -0.525. The third-order valence-electron chi connectivity index (χ3n) is 15.7. The van der Waals surface area contributed by atoms with E-state index in [1.165, 1.54) is 66.9 Å². The summed E-state index contributed by atoms with van der Waals surface area (Å²) in [4.78, 5) is 88.9. The van der Waals surface area contributed by atoms with Gasteiger partial charge < -0.3 is 59.5 Å². The topological polar surface area (TPSA) is 212 Å². The Kier molecular flexibility index (Phi) is 19.0. The van der Waals surface area contributed by atoms with E-state index >= 15 is 0 Å². The Morgan fingerprint density at radius 2 is 0.738 bits per heavy atom. The number of hydrogen-bond acceptors (Lipinski definition) is 12. The number of nitrogens with one attached hydrogen (secondary N) is 4. The summed E-state index contributed by atoms with van der Waals surface area (Å²) in [5, 5.41) is 11.7. The van der Waals surface area contributed by atoms with Crippen LogP contribution in [0.3, 0.4) is 0 Å². The minimum Gasteiger partial charge on any atom is -0.493 e. The number of fused-ring (bicyclic) bond motifs is 2. The van der Waals surface area contributed by atoms with Gasteiger partial charge in [-0.05, 0) is 149 Å². The molecule has 4 N–H and O–H groups in total. The van der Waals surface area contributed by atoms with Gasteiger partial charge in [-0.25, -0.2) is 8.78 Å². The molecular formula is C64H68F2N6O12. The van der Waals surface area contributed by atoms with Crippen molar-refractivity contribution in [1.82, 2.24) is 31.1 Å². The lowest BCUT2D eigenvalue weighted by Gasteiger charge is -2.32. The summed E-state index contributed by atoms with van der Waals surface area (Å²) in [6, 6.07) is 25.5. The molecule has 1 fully saturated rings. The highest BCUT2D eigenvalue weighted by atomic mass is 19.1. The van der Waals surface area contributed by atoms with Crippen LogP contribution >= 0.6 is 0 Å². The van der Waals surface area contributed by atoms with E-state index < -0.39 is 35.5 Å². The largest absolute Gasteiger partial charge is 0.493 e. The van der Waals surface area contributed by atoms with Crippen LogP contribution in [0.2, 0.25) is 0 Å². The van der Waals surface area contributed by atoms with Gasteiger partial charge in [0.1, 0.15) is 11.6 Å². The molecule has 2 heterocycles. The lowest BCUT2D eigenvalue weighted by atomic mass is 9.80. The highest BCUT2D eigenvalue weighted by Gasteiger charge is 2.39. The molecule has 440 valence electrons. The van der Waals surface area contributed by atoms with E-state index in [0.717, 1.165) is 11.1 Å². The Labute approximate surface area is 486 Å². The number of rotatable bonds is 22. The molecule has 9 rings (SSSR count). The van der Waals surface area contributed by atoms with Crippen LogP contribution < -0.4 is 49.7 Å². The molecule has 0 spiro atoms. The molecule has 20 heteroatoms. The monoisotopic (exact) mass is 1150 g/mol. The SMILES string of the molecule is COc1cc(CNC(=O)c2cc3c(cc2C(=O)NCCc2ccc(F)cc2)CN(C(=O)[C@@H]2CCC[C@H](C(=O)N4Cc5cc(C(=O)NCCc6ccc(F)cc6)c(C(=O)NCc6cc(OC)c(OC)c(OC)c6)cc5C4)C2)C3)cc(OC)c1OC. The van der Waals surface area contributed by atoms with Crippen LogP contribution in [0.5, 0.6) is 34.5 Å². The average Bonchev–Trinajstić information content (AvgIpc) is 3.45. The summed E-state index contributed by atoms with van der Waals surface area (Å²) in [6.07, 6.45) is 2.91. The van der Waals surface area contributed by atoms with Crippen molar-refractivity contribution in [2.24, 2.45) is 11.8 Å². The van der Waals surface area contributed by atoms with Crippen LogP contribution in [0.15, 0.2) is 97.1 Å². The van der Waals surface area contributed by atoms with Crippen LogP contribution in [-0.4, -0.2) is 101 Å². The number of carbonyl (C=O) groups is 6. The van der Waals surface area contributed by atoms with Gasteiger partial charge in [0.05, 0.1) is 64.9 Å². The lowest BCUT2D eigenvalue weighted by Crippen LogP contribution is -2.39. The number of hydrogen-bond donors (Lipinski definition) is 4. The van der Waals surface area contributed by atoms with E-state index in [0.29, 0.717) is 106 Å². The Morgan fingerprint density at radius 1 is 0.429 bits per heavy atom. The van der Waals surface area contributed by atoms with Crippen molar-refractivity contribution in [3.8, 4) is 34.5 Å². The molecule has 1 aliphatic carbocycles. The molecule has 0 bridgehead atoms. The summed E-state index contributed by atoms with van der Waals surface area (Å²) in [5.41, 5.74) is 6.22. The molecule has 18 nitrogen and oxygen atoms in total. The molecule has 2 aliphatic heterocycles. The molecule has 0 unspecified atom stereocenters. The first-order chi connectivity index (χ1) is 40.6. The van der Waals surface area contributed by atoms with Gasteiger partial charge in [-0.1, -0.05) is 30.7 Å². The maximum Gasteiger partial charge on any atom is 0.252 e. The fourth-order valence-corrected chi connectivity index (χ4v) is 11.3. The standard InChI is InChI=1S/C64H68F2N6O12/c1-79-53-22-39(23-54(80-2)57(53)83-5)31-69-61(75)51-29-45-35-71(33-43(45)27-49(51)59(73)67-20-18-37-10-14-47(65)15-11-37)63(77)41-8-7-9-42(26-41)64(78)72-34-44-28-50(60(74)68-21-19-38-12-16-48(66)17-13-38)52(30-46(44)36-72)62(76)70-32-40-24-55(81-3)58(84-6)56(25-40)82-4/h10-17,22-25,27-30,41-42H,7-9,18-21,26,31-36H2,1-6H3,(H,67,73)(H,68,74)(H,69,75)(H,70,76)/t41-,42+. The van der Waals surface area contributed by atoms with Crippen LogP contribution in [0, 0.1) is 23.5 Å². The highest BCUT2D eigenvalue weighted by molar-refractivity contribution is 6.08. The van der Waals surface area contributed by atoms with Gasteiger partial charge in [0.2, 0.25) is 23.3 Å². The average molecular weight is 1150 g/mol. The quantitative estimate of drug-likeness (QED) is 0.0509. The number of amides is 6. The summed E-state index contributed by atoms with van der Waals surface area (Å²) < 4.78 is 60.2. The molecule has 2 atom stereocenters. The van der Waals surface area contributed by atoms with Crippen molar-refractivity contribution in [2.45, 2.75) is 77.8 Å². The molecule has 84 heavy (non-hydrogen) atoms. The zero-order chi connectivity index (χ0) is 59.6. The van der Waals surface area contributed by atoms with Crippen molar-refractivity contribution in [3.05, 3.63) is 175 Å². The fraction of sp³-hybridized carbons (Fsp3) is 0.344. The molecule has 0 aromatic heterocycles. The number of nitrogens with zero attached hydrogens (tertiary/aromatic N) is 2. The van der Waals surface area contributed by atoms with Crippen molar-refractivity contribution in [3.63, 3.8) is 0 Å². The molecule has 6 aromatic carbocycles. The molecule has 0 saturated heterocycles. The summed E-state index contributed by atoms with van der Waals surface area (Å²) in [5.74, 6) is -1.62. The zero-order valence-electron chi connectivity index (χ0n) is 47.8. The number of halogens is 2. The summed E-state index contributed by atoms with van der Waals surface area (Å²) in [7, 11) is 8.95. The van der Waals surface area contributed by atoms with E-state index in [9.17, 15) is 37.5 Å². The molecule has 6 aromatic rings. The van der Waals surface area contributed by atoms with Gasteiger partial charge >= 0.3 is 0 Å². The molecular weight excluding hydrogens is 1080 g/mol. The molecule has 1 saturated carbocycles. The van der Waals surface area contributed by atoms with Gasteiger partial charge in [0.25, 0.3) is 23.6 Å². The summed E-state index contributed by atoms with van der Waals surface area (Å²) >= 11 is 0. The normalized spacial score (nSPS) is 15.0. The Bertz CT molecular complexity index is 3190. The van der Waals surface area contributed by atoms with E-state index in [1.807, 2.05) is 0 Å². The molecule has 3 aliphatic rings. The number of methoxy groups -OCH3 is 6. The maximum atomic E-state index is 14.6. The second-order valence-corrected chi connectivity index (χ2v) is 21.0. The number of benzene rings is 6. The van der Waals surface area contributed by atoms with Crippen LogP contribution in [-0.2, 0) is 61.7 Å². The Balaban J connectivity index is 0.887. The van der Waals surface area contributed by atoms with Crippen molar-refractivity contribution >= 4 is 35.4 Å². The third-order valence-corrected chi connectivity index (χ3v) is 15.7. The predicted molar refractivity (Wildman–Crippen MR) is 306 cm³/mol. The molecule has 0 radical (unpaired) electrons.